The van der Waals surface area contributed by atoms with Gasteiger partial charge in [0.15, 0.2) is 0 Å². The highest BCUT2D eigenvalue weighted by molar-refractivity contribution is 5.63. The van der Waals surface area contributed by atoms with Crippen molar-refractivity contribution in [3.63, 3.8) is 0 Å². The smallest absolute Gasteiger partial charge is 0.137 e. The fourth-order valence-corrected chi connectivity index (χ4v) is 3.16. The first-order valence-electron chi connectivity index (χ1n) is 7.62. The van der Waals surface area contributed by atoms with Crippen molar-refractivity contribution in [3.05, 3.63) is 60.2 Å². The van der Waals surface area contributed by atoms with Crippen LogP contribution in [-0.4, -0.2) is 18.4 Å². The SMILES string of the molecule is CC1CC(Cc2ccc(-c3ccccc3)cc2)NC1C=O. The zero-order valence-electron chi connectivity index (χ0n) is 12.3. The van der Waals surface area contributed by atoms with E-state index in [-0.39, 0.29) is 6.04 Å². The van der Waals surface area contributed by atoms with Crippen LogP contribution in [-0.2, 0) is 11.2 Å². The van der Waals surface area contributed by atoms with Crippen LogP contribution in [0.4, 0.5) is 0 Å². The third-order valence-electron chi connectivity index (χ3n) is 4.39. The molecule has 2 aromatic rings. The number of aldehydes is 1. The second-order valence-corrected chi connectivity index (χ2v) is 6.01. The van der Waals surface area contributed by atoms with Crippen LogP contribution in [0, 0.1) is 5.92 Å². The van der Waals surface area contributed by atoms with Gasteiger partial charge < -0.3 is 10.1 Å². The van der Waals surface area contributed by atoms with Gasteiger partial charge in [-0.2, -0.15) is 0 Å². The Balaban J connectivity index is 1.67. The maximum absolute atomic E-state index is 11.0. The molecule has 0 spiro atoms. The molecule has 0 saturated carbocycles. The van der Waals surface area contributed by atoms with Crippen molar-refractivity contribution in [2.45, 2.75) is 31.8 Å². The molecular weight excluding hydrogens is 258 g/mol. The summed E-state index contributed by atoms with van der Waals surface area (Å²) in [7, 11) is 0. The molecule has 2 heteroatoms. The second kappa shape index (κ2) is 6.23. The molecule has 1 aliphatic heterocycles. The molecule has 0 aliphatic carbocycles. The Kier molecular flexibility index (Phi) is 4.16. The van der Waals surface area contributed by atoms with Crippen molar-refractivity contribution in [3.8, 4) is 11.1 Å². The van der Waals surface area contributed by atoms with Gasteiger partial charge in [-0.25, -0.2) is 0 Å². The number of carbonyl (C=O) groups excluding carboxylic acids is 1. The maximum atomic E-state index is 11.0. The molecule has 1 N–H and O–H groups in total. The number of rotatable bonds is 4. The van der Waals surface area contributed by atoms with Crippen molar-refractivity contribution in [2.75, 3.05) is 0 Å². The topological polar surface area (TPSA) is 29.1 Å². The number of nitrogens with one attached hydrogen (secondary N) is 1. The van der Waals surface area contributed by atoms with Gasteiger partial charge >= 0.3 is 0 Å². The van der Waals surface area contributed by atoms with Crippen molar-refractivity contribution >= 4 is 6.29 Å². The Hall–Kier alpha value is -1.93. The summed E-state index contributed by atoms with van der Waals surface area (Å²) in [5, 5.41) is 3.42. The molecule has 0 bridgehead atoms. The lowest BCUT2D eigenvalue weighted by Crippen LogP contribution is -2.33. The highest BCUT2D eigenvalue weighted by atomic mass is 16.1. The molecule has 3 atom stereocenters. The third-order valence-corrected chi connectivity index (χ3v) is 4.39. The molecule has 108 valence electrons. The monoisotopic (exact) mass is 279 g/mol. The van der Waals surface area contributed by atoms with E-state index >= 15 is 0 Å². The van der Waals surface area contributed by atoms with E-state index in [1.54, 1.807) is 0 Å². The van der Waals surface area contributed by atoms with E-state index in [4.69, 9.17) is 0 Å². The maximum Gasteiger partial charge on any atom is 0.137 e. The molecule has 0 aromatic heterocycles. The molecule has 3 unspecified atom stereocenters. The molecule has 0 amide bonds. The van der Waals surface area contributed by atoms with Crippen LogP contribution in [0.15, 0.2) is 54.6 Å². The van der Waals surface area contributed by atoms with Gasteiger partial charge in [-0.15, -0.1) is 0 Å². The number of hydrogen-bond acceptors (Lipinski definition) is 2. The summed E-state index contributed by atoms with van der Waals surface area (Å²) < 4.78 is 0. The zero-order valence-corrected chi connectivity index (χ0v) is 12.3. The first-order valence-corrected chi connectivity index (χ1v) is 7.62. The zero-order chi connectivity index (χ0) is 14.7. The van der Waals surface area contributed by atoms with Crippen LogP contribution < -0.4 is 5.32 Å². The number of carbonyl (C=O) groups is 1. The third kappa shape index (κ3) is 3.22. The van der Waals surface area contributed by atoms with E-state index in [9.17, 15) is 4.79 Å². The van der Waals surface area contributed by atoms with Crippen molar-refractivity contribution in [1.82, 2.24) is 5.32 Å². The van der Waals surface area contributed by atoms with E-state index in [1.165, 1.54) is 16.7 Å². The van der Waals surface area contributed by atoms with Gasteiger partial charge in [-0.3, -0.25) is 0 Å². The Morgan fingerprint density at radius 3 is 2.33 bits per heavy atom. The van der Waals surface area contributed by atoms with Crippen molar-refractivity contribution in [1.29, 1.82) is 0 Å². The van der Waals surface area contributed by atoms with Crippen molar-refractivity contribution < 1.29 is 4.79 Å². The molecule has 21 heavy (non-hydrogen) atoms. The number of hydrogen-bond donors (Lipinski definition) is 1. The molecule has 2 aromatic carbocycles. The van der Waals surface area contributed by atoms with Crippen LogP contribution in [0.3, 0.4) is 0 Å². The molecule has 3 rings (SSSR count). The normalized spacial score (nSPS) is 24.9. The standard InChI is InChI=1S/C19H21NO/c1-14-11-18(20-19(14)13-21)12-15-7-9-17(10-8-15)16-5-3-2-4-6-16/h2-10,13-14,18-20H,11-12H2,1H3. The number of benzene rings is 2. The van der Waals surface area contributed by atoms with Crippen LogP contribution in [0.2, 0.25) is 0 Å². The first kappa shape index (κ1) is 14.0. The van der Waals surface area contributed by atoms with Gasteiger partial charge in [0.2, 0.25) is 0 Å². The summed E-state index contributed by atoms with van der Waals surface area (Å²) in [6.07, 6.45) is 3.11. The highest BCUT2D eigenvalue weighted by Gasteiger charge is 2.29. The first-order chi connectivity index (χ1) is 10.3. The summed E-state index contributed by atoms with van der Waals surface area (Å²) in [5.41, 5.74) is 3.82. The van der Waals surface area contributed by atoms with Gasteiger partial charge in [0.05, 0.1) is 6.04 Å². The molecule has 1 heterocycles. The van der Waals surface area contributed by atoms with Crippen LogP contribution in [0.1, 0.15) is 18.9 Å². The Bertz CT molecular complexity index is 591. The summed E-state index contributed by atoms with van der Waals surface area (Å²) >= 11 is 0. The molecular formula is C19H21NO. The lowest BCUT2D eigenvalue weighted by Gasteiger charge is -2.11. The molecule has 0 radical (unpaired) electrons. The predicted octanol–water partition coefficient (Wildman–Crippen LogP) is 3.46. The summed E-state index contributed by atoms with van der Waals surface area (Å²) in [4.78, 5) is 11.0. The minimum Gasteiger partial charge on any atom is -0.304 e. The van der Waals surface area contributed by atoms with E-state index in [0.29, 0.717) is 12.0 Å². The summed E-state index contributed by atoms with van der Waals surface area (Å²) in [6.45, 7) is 2.14. The lowest BCUT2D eigenvalue weighted by molar-refractivity contribution is -0.109. The molecule has 1 saturated heterocycles. The van der Waals surface area contributed by atoms with E-state index in [2.05, 4.69) is 60.8 Å². The average Bonchev–Trinajstić information content (AvgIpc) is 2.88. The van der Waals surface area contributed by atoms with Gasteiger partial charge in [0.1, 0.15) is 6.29 Å². The fourth-order valence-electron chi connectivity index (χ4n) is 3.16. The Labute approximate surface area is 126 Å². The van der Waals surface area contributed by atoms with Crippen molar-refractivity contribution in [2.24, 2.45) is 5.92 Å². The summed E-state index contributed by atoms with van der Waals surface area (Å²) in [6, 6.07) is 19.6. The largest absolute Gasteiger partial charge is 0.304 e. The Morgan fingerprint density at radius 1 is 1.05 bits per heavy atom. The Morgan fingerprint density at radius 2 is 1.71 bits per heavy atom. The van der Waals surface area contributed by atoms with Gasteiger partial charge in [-0.1, -0.05) is 61.5 Å². The minimum atomic E-state index is 0.0265. The molecule has 1 aliphatic rings. The van der Waals surface area contributed by atoms with Gasteiger partial charge in [-0.05, 0) is 35.4 Å². The van der Waals surface area contributed by atoms with Crippen LogP contribution in [0.5, 0.6) is 0 Å². The average molecular weight is 279 g/mol. The molecule has 1 fully saturated rings. The van der Waals surface area contributed by atoms with Gasteiger partial charge in [0, 0.05) is 6.04 Å². The van der Waals surface area contributed by atoms with Gasteiger partial charge in [0.25, 0.3) is 0 Å². The van der Waals surface area contributed by atoms with E-state index in [0.717, 1.165) is 19.1 Å². The lowest BCUT2D eigenvalue weighted by atomic mass is 9.97. The predicted molar refractivity (Wildman–Crippen MR) is 86.1 cm³/mol. The minimum absolute atomic E-state index is 0.0265. The van der Waals surface area contributed by atoms with E-state index < -0.39 is 0 Å². The quantitative estimate of drug-likeness (QED) is 0.868. The van der Waals surface area contributed by atoms with E-state index in [1.807, 2.05) is 6.07 Å². The molecule has 2 nitrogen and oxygen atoms in total. The summed E-state index contributed by atoms with van der Waals surface area (Å²) in [5.74, 6) is 0.441. The van der Waals surface area contributed by atoms with Crippen LogP contribution >= 0.6 is 0 Å². The fraction of sp³-hybridized carbons (Fsp3) is 0.316. The highest BCUT2D eigenvalue weighted by Crippen LogP contribution is 2.23. The second-order valence-electron chi connectivity index (χ2n) is 6.01. The van der Waals surface area contributed by atoms with Crippen LogP contribution in [0.25, 0.3) is 11.1 Å².